The quantitative estimate of drug-likeness (QED) is 0.424. The van der Waals surface area contributed by atoms with Crippen molar-refractivity contribution in [3.8, 4) is 0 Å². The molecule has 0 N–H and O–H groups in total. The molecular formula is C19H24O7. The van der Waals surface area contributed by atoms with Crippen molar-refractivity contribution in [2.75, 3.05) is 13.2 Å². The van der Waals surface area contributed by atoms with Crippen molar-refractivity contribution in [1.82, 2.24) is 0 Å². The first kappa shape index (κ1) is 17.7. The van der Waals surface area contributed by atoms with Crippen molar-refractivity contribution in [2.45, 2.75) is 64.4 Å². The third kappa shape index (κ3) is 1.98. The predicted octanol–water partition coefficient (Wildman–Crippen LogP) is 1.33. The van der Waals surface area contributed by atoms with E-state index in [1.165, 1.54) is 19.4 Å². The lowest BCUT2D eigenvalue weighted by Crippen LogP contribution is -2.66. The number of carbonyl (C=O) groups excluding carboxylic acids is 3. The summed E-state index contributed by atoms with van der Waals surface area (Å²) < 4.78 is 23.0. The summed E-state index contributed by atoms with van der Waals surface area (Å²) in [6, 6.07) is 0. The van der Waals surface area contributed by atoms with E-state index in [-0.39, 0.29) is 12.4 Å². The predicted molar refractivity (Wildman–Crippen MR) is 88.1 cm³/mol. The minimum atomic E-state index is -0.972. The average Bonchev–Trinajstić information content (AvgIpc) is 3.34. The summed E-state index contributed by atoms with van der Waals surface area (Å²) in [5, 5.41) is 0. The first-order valence-electron chi connectivity index (χ1n) is 8.99. The van der Waals surface area contributed by atoms with Gasteiger partial charge in [0, 0.05) is 19.3 Å². The van der Waals surface area contributed by atoms with Crippen molar-refractivity contribution in [2.24, 2.45) is 10.8 Å². The Labute approximate surface area is 152 Å². The molecule has 3 fully saturated rings. The third-order valence-electron chi connectivity index (χ3n) is 6.88. The molecule has 6 atom stereocenters. The number of Topliss-reactive ketones (excluding diaryl/α,β-unsaturated/α-hetero) is 1. The largest absolute Gasteiger partial charge is 0.465 e. The Kier molecular flexibility index (Phi) is 3.66. The van der Waals surface area contributed by atoms with Crippen molar-refractivity contribution in [3.63, 3.8) is 0 Å². The Morgan fingerprint density at radius 3 is 2.58 bits per heavy atom. The van der Waals surface area contributed by atoms with Gasteiger partial charge in [-0.15, -0.1) is 0 Å². The van der Waals surface area contributed by atoms with Crippen LogP contribution < -0.4 is 0 Å². The van der Waals surface area contributed by atoms with Gasteiger partial charge in [-0.1, -0.05) is 18.6 Å². The Morgan fingerprint density at radius 2 is 2.00 bits per heavy atom. The maximum absolute atomic E-state index is 13.1. The van der Waals surface area contributed by atoms with E-state index in [4.69, 9.17) is 18.9 Å². The number of carbonyl (C=O) groups is 3. The fourth-order valence-corrected chi connectivity index (χ4v) is 5.35. The highest BCUT2D eigenvalue weighted by Gasteiger charge is 2.86. The molecule has 2 saturated heterocycles. The summed E-state index contributed by atoms with van der Waals surface area (Å²) in [6.45, 7) is 7.06. The number of rotatable bonds is 3. The van der Waals surface area contributed by atoms with Crippen molar-refractivity contribution < 1.29 is 33.3 Å². The van der Waals surface area contributed by atoms with E-state index >= 15 is 0 Å². The van der Waals surface area contributed by atoms with Gasteiger partial charge in [0.05, 0.1) is 18.1 Å². The van der Waals surface area contributed by atoms with Gasteiger partial charge >= 0.3 is 11.9 Å². The van der Waals surface area contributed by atoms with Gasteiger partial charge in [-0.2, -0.15) is 0 Å². The van der Waals surface area contributed by atoms with Crippen LogP contribution in [0.2, 0.25) is 0 Å². The Bertz CT molecular complexity index is 721. The first-order valence-corrected chi connectivity index (χ1v) is 8.99. The Morgan fingerprint density at radius 1 is 1.31 bits per heavy atom. The second-order valence-corrected chi connectivity index (χ2v) is 8.16. The van der Waals surface area contributed by atoms with Gasteiger partial charge < -0.3 is 18.9 Å². The molecular weight excluding hydrogens is 340 g/mol. The van der Waals surface area contributed by atoms with Crippen molar-refractivity contribution >= 4 is 17.7 Å². The Hall–Kier alpha value is -1.73. The molecule has 2 bridgehead atoms. The van der Waals surface area contributed by atoms with E-state index in [0.717, 1.165) is 6.42 Å². The van der Waals surface area contributed by atoms with Crippen LogP contribution in [0.1, 0.15) is 40.5 Å². The van der Waals surface area contributed by atoms with Gasteiger partial charge in [-0.05, 0) is 19.8 Å². The number of epoxide rings is 1. The lowest BCUT2D eigenvalue weighted by molar-refractivity contribution is -0.232. The molecule has 1 saturated carbocycles. The highest BCUT2D eigenvalue weighted by molar-refractivity contribution is 5.96. The maximum Gasteiger partial charge on any atom is 0.303 e. The number of fused-ring (bicyclic) bond motifs is 2. The number of hydrogen-bond donors (Lipinski definition) is 0. The average molecular weight is 364 g/mol. The SMILES string of the molecule is CC(=O)OC[C@]12CCC(C)=C[C@H]1O[C@@H]1C(=O)[C@@H](OC(C)=O)[C@@]2(C)[C@@]12CO2. The van der Waals surface area contributed by atoms with Crippen LogP contribution in [-0.2, 0) is 33.3 Å². The normalized spacial score (nSPS) is 45.8. The molecule has 2 aliphatic carbocycles. The topological polar surface area (TPSA) is 91.4 Å². The molecule has 2 heterocycles. The second kappa shape index (κ2) is 5.39. The zero-order chi connectivity index (χ0) is 18.9. The van der Waals surface area contributed by atoms with Crippen molar-refractivity contribution in [1.29, 1.82) is 0 Å². The van der Waals surface area contributed by atoms with Crippen LogP contribution >= 0.6 is 0 Å². The number of ketones is 1. The van der Waals surface area contributed by atoms with Gasteiger partial charge in [0.15, 0.2) is 12.2 Å². The summed E-state index contributed by atoms with van der Waals surface area (Å²) in [5.74, 6) is -1.17. The summed E-state index contributed by atoms with van der Waals surface area (Å²) in [7, 11) is 0. The molecule has 7 nitrogen and oxygen atoms in total. The number of esters is 2. The second-order valence-electron chi connectivity index (χ2n) is 8.16. The van der Waals surface area contributed by atoms with E-state index in [1.807, 2.05) is 19.9 Å². The monoisotopic (exact) mass is 364 g/mol. The fraction of sp³-hybridized carbons (Fsp3) is 0.737. The fourth-order valence-electron chi connectivity index (χ4n) is 5.35. The zero-order valence-corrected chi connectivity index (χ0v) is 15.5. The van der Waals surface area contributed by atoms with E-state index in [9.17, 15) is 14.4 Å². The maximum atomic E-state index is 13.1. The van der Waals surface area contributed by atoms with E-state index in [2.05, 4.69) is 0 Å². The lowest BCUT2D eigenvalue weighted by Gasteiger charge is -2.57. The van der Waals surface area contributed by atoms with Crippen LogP contribution in [0, 0.1) is 10.8 Å². The molecule has 0 aromatic carbocycles. The van der Waals surface area contributed by atoms with E-state index in [1.54, 1.807) is 0 Å². The van der Waals surface area contributed by atoms with Crippen LogP contribution in [0.4, 0.5) is 0 Å². The molecule has 0 aromatic rings. The summed E-state index contributed by atoms with van der Waals surface area (Å²) >= 11 is 0. The standard InChI is InChI=1S/C19H24O7/c1-10-5-6-18(8-23-11(2)20)13(7-10)26-16-14(22)15(25-12(3)21)17(18,4)19(16)9-24-19/h7,13,15-16H,5-6,8-9H2,1-4H3/t13-,15-,16-,17-,18-,19-/m1/s1. The summed E-state index contributed by atoms with van der Waals surface area (Å²) in [4.78, 5) is 36.4. The van der Waals surface area contributed by atoms with Crippen LogP contribution in [0.3, 0.4) is 0 Å². The molecule has 26 heavy (non-hydrogen) atoms. The van der Waals surface area contributed by atoms with Gasteiger partial charge in [0.2, 0.25) is 5.78 Å². The molecule has 0 amide bonds. The highest BCUT2D eigenvalue weighted by Crippen LogP contribution is 2.71. The smallest absolute Gasteiger partial charge is 0.303 e. The molecule has 142 valence electrons. The van der Waals surface area contributed by atoms with E-state index in [0.29, 0.717) is 13.0 Å². The number of hydrogen-bond acceptors (Lipinski definition) is 7. The number of allylic oxidation sites excluding steroid dienone is 1. The van der Waals surface area contributed by atoms with E-state index < -0.39 is 46.7 Å². The number of ether oxygens (including phenoxy) is 4. The molecule has 4 rings (SSSR count). The summed E-state index contributed by atoms with van der Waals surface area (Å²) in [6.07, 6.45) is 1.32. The zero-order valence-electron chi connectivity index (χ0n) is 15.5. The van der Waals surface area contributed by atoms with Crippen LogP contribution in [-0.4, -0.2) is 54.8 Å². The minimum Gasteiger partial charge on any atom is -0.465 e. The molecule has 4 aliphatic rings. The van der Waals surface area contributed by atoms with Crippen molar-refractivity contribution in [3.05, 3.63) is 11.6 Å². The van der Waals surface area contributed by atoms with Crippen LogP contribution in [0.5, 0.6) is 0 Å². The molecule has 2 aliphatic heterocycles. The molecule has 1 spiro atoms. The minimum absolute atomic E-state index is 0.0934. The van der Waals surface area contributed by atoms with Gasteiger partial charge in [0.25, 0.3) is 0 Å². The van der Waals surface area contributed by atoms with Gasteiger partial charge in [0.1, 0.15) is 12.2 Å². The lowest BCUT2D eigenvalue weighted by atomic mass is 9.51. The molecule has 0 aromatic heterocycles. The Balaban J connectivity index is 1.87. The van der Waals surface area contributed by atoms with Gasteiger partial charge in [-0.25, -0.2) is 0 Å². The highest BCUT2D eigenvalue weighted by atomic mass is 16.6. The van der Waals surface area contributed by atoms with Gasteiger partial charge in [-0.3, -0.25) is 14.4 Å². The summed E-state index contributed by atoms with van der Waals surface area (Å²) in [5.41, 5.74) is -1.18. The third-order valence-corrected chi connectivity index (χ3v) is 6.88. The van der Waals surface area contributed by atoms with Crippen LogP contribution in [0.15, 0.2) is 11.6 Å². The first-order chi connectivity index (χ1) is 12.2. The van der Waals surface area contributed by atoms with Crippen LogP contribution in [0.25, 0.3) is 0 Å². The molecule has 0 unspecified atom stereocenters. The molecule has 0 radical (unpaired) electrons. The molecule has 7 heteroatoms.